The zero-order valence-electron chi connectivity index (χ0n) is 9.72. The lowest BCUT2D eigenvalue weighted by atomic mass is 10.4. The molecular formula is C9H11N9. The van der Waals surface area contributed by atoms with E-state index in [0.29, 0.717) is 18.0 Å². The van der Waals surface area contributed by atoms with Crippen molar-refractivity contribution >= 4 is 11.5 Å². The molecule has 0 atom stereocenters. The van der Waals surface area contributed by atoms with Crippen LogP contribution in [0.3, 0.4) is 0 Å². The summed E-state index contributed by atoms with van der Waals surface area (Å²) in [6.07, 6.45) is 2.41. The van der Waals surface area contributed by atoms with Crippen molar-refractivity contribution in [3.63, 3.8) is 0 Å². The van der Waals surface area contributed by atoms with Gasteiger partial charge in [0.05, 0.1) is 0 Å². The van der Waals surface area contributed by atoms with Crippen LogP contribution in [0.15, 0.2) is 18.5 Å². The molecule has 3 rings (SSSR count). The van der Waals surface area contributed by atoms with Gasteiger partial charge in [0.1, 0.15) is 12.1 Å². The highest BCUT2D eigenvalue weighted by Crippen LogP contribution is 2.03. The molecule has 0 saturated carbocycles. The molecule has 3 aromatic rings. The van der Waals surface area contributed by atoms with Gasteiger partial charge in [-0.3, -0.25) is 4.68 Å². The van der Waals surface area contributed by atoms with Crippen molar-refractivity contribution in [2.75, 3.05) is 11.9 Å². The second-order valence-electron chi connectivity index (χ2n) is 3.76. The zero-order valence-corrected chi connectivity index (χ0v) is 9.72. The fourth-order valence-electron chi connectivity index (χ4n) is 1.54. The molecule has 0 bridgehead atoms. The van der Waals surface area contributed by atoms with E-state index < -0.39 is 0 Å². The van der Waals surface area contributed by atoms with Crippen LogP contribution in [-0.4, -0.2) is 46.6 Å². The summed E-state index contributed by atoms with van der Waals surface area (Å²) in [5, 5.41) is 22.6. The number of nitrogens with one attached hydrogen (secondary N) is 1. The van der Waals surface area contributed by atoms with E-state index in [9.17, 15) is 0 Å². The van der Waals surface area contributed by atoms with E-state index >= 15 is 0 Å². The Labute approximate surface area is 102 Å². The molecule has 0 radical (unpaired) electrons. The molecule has 18 heavy (non-hydrogen) atoms. The SMILES string of the molecule is Cn1cnc(CCNc2ccc3nnnn3n2)n1. The fourth-order valence-corrected chi connectivity index (χ4v) is 1.54. The number of tetrazole rings is 1. The van der Waals surface area contributed by atoms with Crippen molar-refractivity contribution in [2.24, 2.45) is 7.05 Å². The minimum absolute atomic E-state index is 0.618. The minimum Gasteiger partial charge on any atom is -0.368 e. The van der Waals surface area contributed by atoms with Gasteiger partial charge in [-0.15, -0.1) is 14.8 Å². The highest BCUT2D eigenvalue weighted by molar-refractivity contribution is 5.41. The predicted molar refractivity (Wildman–Crippen MR) is 61.8 cm³/mol. The molecule has 9 nitrogen and oxygen atoms in total. The van der Waals surface area contributed by atoms with Crippen LogP contribution >= 0.6 is 0 Å². The van der Waals surface area contributed by atoms with E-state index in [0.717, 1.165) is 12.2 Å². The highest BCUT2D eigenvalue weighted by Gasteiger charge is 2.01. The lowest BCUT2D eigenvalue weighted by Gasteiger charge is -2.02. The Morgan fingerprint density at radius 3 is 3.06 bits per heavy atom. The first-order chi connectivity index (χ1) is 8.81. The molecule has 0 unspecified atom stereocenters. The molecule has 0 saturated heterocycles. The first-order valence-electron chi connectivity index (χ1n) is 5.45. The average Bonchev–Trinajstić information content (AvgIpc) is 2.97. The third kappa shape index (κ3) is 2.10. The summed E-state index contributed by atoms with van der Waals surface area (Å²) in [7, 11) is 1.84. The van der Waals surface area contributed by atoms with Crippen molar-refractivity contribution in [2.45, 2.75) is 6.42 Å². The minimum atomic E-state index is 0.618. The number of rotatable bonds is 4. The Kier molecular flexibility index (Phi) is 2.56. The molecule has 0 aromatic carbocycles. The number of anilines is 1. The first-order valence-corrected chi connectivity index (χ1v) is 5.45. The Balaban J connectivity index is 1.62. The standard InChI is InChI=1S/C9H11N9/c1-17-6-11-8(13-17)4-5-10-7-2-3-9-12-15-16-18(9)14-7/h2-3,6H,4-5H2,1H3,(H,10,14). The molecule has 0 fully saturated rings. The lowest BCUT2D eigenvalue weighted by molar-refractivity contribution is 0.729. The highest BCUT2D eigenvalue weighted by atomic mass is 15.6. The molecule has 92 valence electrons. The Bertz CT molecular complexity index is 655. The average molecular weight is 245 g/mol. The van der Waals surface area contributed by atoms with E-state index in [1.807, 2.05) is 13.1 Å². The summed E-state index contributed by atoms with van der Waals surface area (Å²) in [6.45, 7) is 0.699. The van der Waals surface area contributed by atoms with Crippen LogP contribution in [-0.2, 0) is 13.5 Å². The summed E-state index contributed by atoms with van der Waals surface area (Å²) in [4.78, 5) is 4.14. The third-order valence-electron chi connectivity index (χ3n) is 2.37. The Morgan fingerprint density at radius 2 is 2.22 bits per heavy atom. The van der Waals surface area contributed by atoms with Gasteiger partial charge < -0.3 is 5.32 Å². The molecule has 0 aliphatic heterocycles. The van der Waals surface area contributed by atoms with E-state index in [-0.39, 0.29) is 0 Å². The number of aryl methyl sites for hydroxylation is 1. The van der Waals surface area contributed by atoms with Crippen LogP contribution < -0.4 is 5.32 Å². The summed E-state index contributed by atoms with van der Waals surface area (Å²) in [5.74, 6) is 1.51. The maximum absolute atomic E-state index is 4.20. The van der Waals surface area contributed by atoms with E-state index in [2.05, 4.69) is 36.0 Å². The number of hydrogen-bond donors (Lipinski definition) is 1. The second-order valence-corrected chi connectivity index (χ2v) is 3.76. The molecule has 0 spiro atoms. The third-order valence-corrected chi connectivity index (χ3v) is 2.37. The summed E-state index contributed by atoms with van der Waals surface area (Å²) < 4.78 is 3.06. The van der Waals surface area contributed by atoms with Crippen LogP contribution in [0.25, 0.3) is 5.65 Å². The maximum atomic E-state index is 4.20. The second kappa shape index (κ2) is 4.35. The van der Waals surface area contributed by atoms with Gasteiger partial charge in [-0.2, -0.15) is 5.10 Å². The topological polar surface area (TPSA) is 98.7 Å². The largest absolute Gasteiger partial charge is 0.368 e. The first kappa shape index (κ1) is 10.6. The van der Waals surface area contributed by atoms with Gasteiger partial charge in [-0.1, -0.05) is 0 Å². The number of aromatic nitrogens is 8. The van der Waals surface area contributed by atoms with Crippen molar-refractivity contribution in [3.8, 4) is 0 Å². The molecule has 0 amide bonds. The predicted octanol–water partition coefficient (Wildman–Crippen LogP) is -0.698. The lowest BCUT2D eigenvalue weighted by Crippen LogP contribution is -2.09. The van der Waals surface area contributed by atoms with Crippen LogP contribution in [0.1, 0.15) is 5.82 Å². The number of hydrogen-bond acceptors (Lipinski definition) is 7. The molecule has 0 aliphatic rings. The molecule has 0 aliphatic carbocycles. The van der Waals surface area contributed by atoms with Gasteiger partial charge in [0.25, 0.3) is 0 Å². The Hall–Kier alpha value is -2.58. The molecule has 3 heterocycles. The van der Waals surface area contributed by atoms with Crippen LogP contribution in [0, 0.1) is 0 Å². The van der Waals surface area contributed by atoms with Crippen molar-refractivity contribution in [1.29, 1.82) is 0 Å². The van der Waals surface area contributed by atoms with Gasteiger partial charge >= 0.3 is 0 Å². The number of fused-ring (bicyclic) bond motifs is 1. The summed E-state index contributed by atoms with van der Waals surface area (Å²) in [6, 6.07) is 3.63. The normalized spacial score (nSPS) is 10.9. The number of nitrogens with zero attached hydrogens (tertiary/aromatic N) is 8. The quantitative estimate of drug-likeness (QED) is 0.649. The fraction of sp³-hybridized carbons (Fsp3) is 0.333. The summed E-state index contributed by atoms with van der Waals surface area (Å²) >= 11 is 0. The van der Waals surface area contributed by atoms with Gasteiger partial charge in [-0.25, -0.2) is 4.98 Å². The smallest absolute Gasteiger partial charge is 0.200 e. The molecular weight excluding hydrogens is 234 g/mol. The van der Waals surface area contributed by atoms with Gasteiger partial charge in [0.2, 0.25) is 0 Å². The van der Waals surface area contributed by atoms with Gasteiger partial charge in [0.15, 0.2) is 11.5 Å². The van der Waals surface area contributed by atoms with Crippen LogP contribution in [0.2, 0.25) is 0 Å². The Morgan fingerprint density at radius 1 is 1.28 bits per heavy atom. The monoisotopic (exact) mass is 245 g/mol. The van der Waals surface area contributed by atoms with E-state index in [1.54, 1.807) is 17.1 Å². The van der Waals surface area contributed by atoms with Crippen molar-refractivity contribution in [1.82, 2.24) is 40.0 Å². The zero-order chi connectivity index (χ0) is 12.4. The van der Waals surface area contributed by atoms with Crippen LogP contribution in [0.4, 0.5) is 5.82 Å². The van der Waals surface area contributed by atoms with Gasteiger partial charge in [-0.05, 0) is 22.6 Å². The van der Waals surface area contributed by atoms with E-state index in [4.69, 9.17) is 0 Å². The summed E-state index contributed by atoms with van der Waals surface area (Å²) in [5.41, 5.74) is 0.618. The molecule has 9 heteroatoms. The van der Waals surface area contributed by atoms with Crippen LogP contribution in [0.5, 0.6) is 0 Å². The maximum Gasteiger partial charge on any atom is 0.200 e. The van der Waals surface area contributed by atoms with E-state index in [1.165, 1.54) is 4.63 Å². The molecule has 1 N–H and O–H groups in total. The van der Waals surface area contributed by atoms with Crippen molar-refractivity contribution in [3.05, 3.63) is 24.3 Å². The van der Waals surface area contributed by atoms with Gasteiger partial charge in [0, 0.05) is 20.0 Å². The molecule has 3 aromatic heterocycles. The van der Waals surface area contributed by atoms with Crippen molar-refractivity contribution < 1.29 is 0 Å².